The van der Waals surface area contributed by atoms with Gasteiger partial charge in [-0.05, 0) is 59.9 Å². The zero-order valence-electron chi connectivity index (χ0n) is 10.7. The molecule has 1 N–H and O–H groups in total. The second-order valence-electron chi connectivity index (χ2n) is 4.59. The summed E-state index contributed by atoms with van der Waals surface area (Å²) in [4.78, 5) is 0. The smallest absolute Gasteiger partial charge is 0.133 e. The summed E-state index contributed by atoms with van der Waals surface area (Å²) in [5.41, 5.74) is 1.24. The van der Waals surface area contributed by atoms with Crippen molar-refractivity contribution in [1.82, 2.24) is 5.32 Å². The predicted octanol–water partition coefficient (Wildman–Crippen LogP) is 3.12. The summed E-state index contributed by atoms with van der Waals surface area (Å²) >= 11 is 3.55. The van der Waals surface area contributed by atoms with Crippen LogP contribution >= 0.6 is 15.9 Å². The van der Waals surface area contributed by atoms with Gasteiger partial charge in [0.25, 0.3) is 0 Å². The van der Waals surface area contributed by atoms with Gasteiger partial charge in [-0.2, -0.15) is 0 Å². The maximum absolute atomic E-state index is 5.82. The zero-order chi connectivity index (χ0) is 12.8. The predicted molar refractivity (Wildman–Crippen MR) is 76.0 cm³/mol. The zero-order valence-corrected chi connectivity index (χ0v) is 12.3. The number of rotatable bonds is 5. The molecule has 1 atom stereocenters. The number of nitrogens with one attached hydrogen (secondary N) is 1. The Morgan fingerprint density at radius 2 is 2.33 bits per heavy atom. The lowest BCUT2D eigenvalue weighted by Gasteiger charge is -2.23. The fourth-order valence-corrected chi connectivity index (χ4v) is 2.64. The molecule has 18 heavy (non-hydrogen) atoms. The number of ether oxygens (including phenoxy) is 2. The van der Waals surface area contributed by atoms with Crippen LogP contribution in [-0.4, -0.2) is 26.4 Å². The molecule has 1 aliphatic rings. The normalized spacial score (nSPS) is 19.8. The largest absolute Gasteiger partial charge is 0.490 e. The Morgan fingerprint density at radius 1 is 1.44 bits per heavy atom. The van der Waals surface area contributed by atoms with Crippen molar-refractivity contribution in [1.29, 1.82) is 0 Å². The first-order valence-electron chi connectivity index (χ1n) is 6.47. The molecule has 0 amide bonds. The molecule has 1 aromatic rings. The van der Waals surface area contributed by atoms with E-state index in [0.29, 0.717) is 6.61 Å². The van der Waals surface area contributed by atoms with E-state index in [1.807, 2.05) is 13.1 Å². The molecular weight excluding hydrogens is 294 g/mol. The van der Waals surface area contributed by atoms with Crippen LogP contribution in [0.5, 0.6) is 5.75 Å². The molecule has 1 unspecified atom stereocenters. The van der Waals surface area contributed by atoms with Crippen molar-refractivity contribution in [2.45, 2.75) is 31.9 Å². The Balaban J connectivity index is 1.88. The minimum atomic E-state index is 0.252. The quantitative estimate of drug-likeness (QED) is 0.906. The van der Waals surface area contributed by atoms with E-state index in [0.717, 1.165) is 29.8 Å². The molecular formula is C14H20BrNO2. The molecule has 0 aromatic heterocycles. The third-order valence-corrected chi connectivity index (χ3v) is 3.70. The van der Waals surface area contributed by atoms with E-state index in [1.54, 1.807) is 0 Å². The Labute approximate surface area is 117 Å². The van der Waals surface area contributed by atoms with Gasteiger partial charge >= 0.3 is 0 Å². The molecule has 0 bridgehead atoms. The Morgan fingerprint density at radius 3 is 3.00 bits per heavy atom. The Kier molecular flexibility index (Phi) is 5.47. The molecule has 0 aliphatic carbocycles. The molecule has 100 valence electrons. The highest BCUT2D eigenvalue weighted by Gasteiger charge is 2.15. The third kappa shape index (κ3) is 3.97. The van der Waals surface area contributed by atoms with Crippen LogP contribution in [0.15, 0.2) is 22.7 Å². The van der Waals surface area contributed by atoms with Gasteiger partial charge in [0.1, 0.15) is 12.4 Å². The number of halogens is 1. The molecule has 0 saturated carbocycles. The number of hydrogen-bond donors (Lipinski definition) is 1. The summed E-state index contributed by atoms with van der Waals surface area (Å²) in [7, 11) is 1.94. The maximum atomic E-state index is 5.82. The van der Waals surface area contributed by atoms with E-state index in [4.69, 9.17) is 9.47 Å². The third-order valence-electron chi connectivity index (χ3n) is 3.08. The van der Waals surface area contributed by atoms with E-state index < -0.39 is 0 Å². The van der Waals surface area contributed by atoms with Gasteiger partial charge < -0.3 is 14.8 Å². The van der Waals surface area contributed by atoms with E-state index in [-0.39, 0.29) is 6.10 Å². The molecule has 0 spiro atoms. The highest BCUT2D eigenvalue weighted by molar-refractivity contribution is 9.10. The fraction of sp³-hybridized carbons (Fsp3) is 0.571. The minimum Gasteiger partial charge on any atom is -0.490 e. The monoisotopic (exact) mass is 313 g/mol. The van der Waals surface area contributed by atoms with Gasteiger partial charge in [0.15, 0.2) is 0 Å². The van der Waals surface area contributed by atoms with Gasteiger partial charge in [-0.3, -0.25) is 0 Å². The summed E-state index contributed by atoms with van der Waals surface area (Å²) in [5.74, 6) is 0.893. The molecule has 4 heteroatoms. The van der Waals surface area contributed by atoms with Gasteiger partial charge in [0.2, 0.25) is 0 Å². The summed E-state index contributed by atoms with van der Waals surface area (Å²) in [6, 6.07) is 6.19. The first kappa shape index (κ1) is 13.8. The average Bonchev–Trinajstić information content (AvgIpc) is 2.39. The number of benzene rings is 1. The van der Waals surface area contributed by atoms with Crippen molar-refractivity contribution in [2.75, 3.05) is 20.3 Å². The van der Waals surface area contributed by atoms with E-state index >= 15 is 0 Å². The van der Waals surface area contributed by atoms with Crippen LogP contribution < -0.4 is 10.1 Å². The van der Waals surface area contributed by atoms with Gasteiger partial charge in [-0.15, -0.1) is 0 Å². The molecule has 1 fully saturated rings. The topological polar surface area (TPSA) is 30.5 Å². The summed E-state index contributed by atoms with van der Waals surface area (Å²) in [5, 5.41) is 3.13. The number of hydrogen-bond acceptors (Lipinski definition) is 3. The Hall–Kier alpha value is -0.580. The van der Waals surface area contributed by atoms with Gasteiger partial charge in [0.05, 0.1) is 10.6 Å². The molecule has 3 nitrogen and oxygen atoms in total. The standard InChI is InChI=1S/C14H20BrNO2/c1-16-9-11-5-6-14(13(15)8-11)18-10-12-4-2-3-7-17-12/h5-6,8,12,16H,2-4,7,9-10H2,1H3. The van der Waals surface area contributed by atoms with Gasteiger partial charge in [-0.25, -0.2) is 0 Å². The lowest BCUT2D eigenvalue weighted by Crippen LogP contribution is -2.25. The Bertz CT molecular complexity index is 378. The minimum absolute atomic E-state index is 0.252. The van der Waals surface area contributed by atoms with Crippen LogP contribution in [-0.2, 0) is 11.3 Å². The fourth-order valence-electron chi connectivity index (χ4n) is 2.10. The first-order chi connectivity index (χ1) is 8.79. The highest BCUT2D eigenvalue weighted by Crippen LogP contribution is 2.26. The molecule has 2 rings (SSSR count). The summed E-state index contributed by atoms with van der Waals surface area (Å²) in [6.07, 6.45) is 3.78. The second-order valence-corrected chi connectivity index (χ2v) is 5.45. The van der Waals surface area contributed by atoms with Crippen LogP contribution in [0.4, 0.5) is 0 Å². The lowest BCUT2D eigenvalue weighted by atomic mass is 10.1. The average molecular weight is 314 g/mol. The molecule has 1 saturated heterocycles. The summed E-state index contributed by atoms with van der Waals surface area (Å²) in [6.45, 7) is 2.38. The van der Waals surface area contributed by atoms with E-state index in [9.17, 15) is 0 Å². The van der Waals surface area contributed by atoms with E-state index in [1.165, 1.54) is 18.4 Å². The van der Waals surface area contributed by atoms with Gasteiger partial charge in [0, 0.05) is 13.2 Å². The van der Waals surface area contributed by atoms with Crippen molar-refractivity contribution in [3.8, 4) is 5.75 Å². The van der Waals surface area contributed by atoms with Crippen LogP contribution in [0, 0.1) is 0 Å². The van der Waals surface area contributed by atoms with Crippen LogP contribution in [0.3, 0.4) is 0 Å². The van der Waals surface area contributed by atoms with Crippen LogP contribution in [0.25, 0.3) is 0 Å². The highest BCUT2D eigenvalue weighted by atomic mass is 79.9. The SMILES string of the molecule is CNCc1ccc(OCC2CCCCO2)c(Br)c1. The first-order valence-corrected chi connectivity index (χ1v) is 7.26. The second kappa shape index (κ2) is 7.12. The van der Waals surface area contributed by atoms with Crippen molar-refractivity contribution in [3.05, 3.63) is 28.2 Å². The van der Waals surface area contributed by atoms with Crippen molar-refractivity contribution >= 4 is 15.9 Å². The summed E-state index contributed by atoms with van der Waals surface area (Å²) < 4.78 is 12.5. The molecule has 1 aromatic carbocycles. The molecule has 1 aliphatic heterocycles. The van der Waals surface area contributed by atoms with Gasteiger partial charge in [-0.1, -0.05) is 6.07 Å². The van der Waals surface area contributed by atoms with Crippen molar-refractivity contribution in [3.63, 3.8) is 0 Å². The molecule has 0 radical (unpaired) electrons. The van der Waals surface area contributed by atoms with Crippen molar-refractivity contribution < 1.29 is 9.47 Å². The van der Waals surface area contributed by atoms with Crippen LogP contribution in [0.2, 0.25) is 0 Å². The maximum Gasteiger partial charge on any atom is 0.133 e. The molecule has 1 heterocycles. The van der Waals surface area contributed by atoms with E-state index in [2.05, 4.69) is 33.4 Å². The lowest BCUT2D eigenvalue weighted by molar-refractivity contribution is -0.0112. The van der Waals surface area contributed by atoms with Crippen LogP contribution in [0.1, 0.15) is 24.8 Å². The van der Waals surface area contributed by atoms with Crippen molar-refractivity contribution in [2.24, 2.45) is 0 Å².